The SMILES string of the molecule is COCCC(=O)NCC(=O)N1CCCCCNC(=O)CC1c1ccccc1. The number of amides is 3. The number of carbonyl (C=O) groups is 3. The molecule has 1 fully saturated rings. The van der Waals surface area contributed by atoms with Gasteiger partial charge in [0.2, 0.25) is 17.7 Å². The smallest absolute Gasteiger partial charge is 0.242 e. The predicted octanol–water partition coefficient (Wildman–Crippen LogP) is 1.40. The van der Waals surface area contributed by atoms with Crippen molar-refractivity contribution in [2.75, 3.05) is 33.4 Å². The monoisotopic (exact) mass is 375 g/mol. The summed E-state index contributed by atoms with van der Waals surface area (Å²) >= 11 is 0. The van der Waals surface area contributed by atoms with Crippen LogP contribution in [0.4, 0.5) is 0 Å². The Bertz CT molecular complexity index is 621. The average molecular weight is 375 g/mol. The molecule has 2 rings (SSSR count). The lowest BCUT2D eigenvalue weighted by atomic mass is 10.00. The molecule has 0 bridgehead atoms. The zero-order valence-electron chi connectivity index (χ0n) is 15.9. The maximum absolute atomic E-state index is 12.9. The van der Waals surface area contributed by atoms with Crippen LogP contribution in [0.3, 0.4) is 0 Å². The van der Waals surface area contributed by atoms with E-state index in [1.807, 2.05) is 30.3 Å². The second kappa shape index (κ2) is 11.3. The van der Waals surface area contributed by atoms with Gasteiger partial charge in [0.1, 0.15) is 0 Å². The molecule has 1 aliphatic rings. The van der Waals surface area contributed by atoms with Gasteiger partial charge in [0, 0.05) is 26.6 Å². The molecule has 148 valence electrons. The summed E-state index contributed by atoms with van der Waals surface area (Å²) in [6.45, 7) is 1.48. The highest BCUT2D eigenvalue weighted by Crippen LogP contribution is 2.25. The number of nitrogens with one attached hydrogen (secondary N) is 2. The van der Waals surface area contributed by atoms with Crippen LogP contribution in [-0.4, -0.2) is 56.0 Å². The van der Waals surface area contributed by atoms with E-state index in [0.717, 1.165) is 24.8 Å². The molecule has 0 radical (unpaired) electrons. The van der Waals surface area contributed by atoms with Gasteiger partial charge in [0.05, 0.1) is 25.6 Å². The third-order valence-electron chi connectivity index (χ3n) is 4.63. The summed E-state index contributed by atoms with van der Waals surface area (Å²) in [6, 6.07) is 9.24. The van der Waals surface area contributed by atoms with Crippen LogP contribution in [0, 0.1) is 0 Å². The van der Waals surface area contributed by atoms with Gasteiger partial charge in [-0.25, -0.2) is 0 Å². The summed E-state index contributed by atoms with van der Waals surface area (Å²) < 4.78 is 4.88. The van der Waals surface area contributed by atoms with E-state index in [1.165, 1.54) is 7.11 Å². The first-order chi connectivity index (χ1) is 13.1. The first-order valence-corrected chi connectivity index (χ1v) is 9.48. The van der Waals surface area contributed by atoms with Crippen molar-refractivity contribution < 1.29 is 19.1 Å². The fourth-order valence-corrected chi connectivity index (χ4v) is 3.16. The number of hydrogen-bond acceptors (Lipinski definition) is 4. The largest absolute Gasteiger partial charge is 0.384 e. The van der Waals surface area contributed by atoms with Crippen molar-refractivity contribution in [2.45, 2.75) is 38.1 Å². The molecule has 1 saturated heterocycles. The molecule has 0 saturated carbocycles. The minimum Gasteiger partial charge on any atom is -0.384 e. The third-order valence-corrected chi connectivity index (χ3v) is 4.63. The van der Waals surface area contributed by atoms with Crippen LogP contribution in [0.2, 0.25) is 0 Å². The fourth-order valence-electron chi connectivity index (χ4n) is 3.16. The Morgan fingerprint density at radius 3 is 2.74 bits per heavy atom. The summed E-state index contributed by atoms with van der Waals surface area (Å²) in [4.78, 5) is 38.7. The highest BCUT2D eigenvalue weighted by Gasteiger charge is 2.27. The van der Waals surface area contributed by atoms with Gasteiger partial charge in [-0.2, -0.15) is 0 Å². The Hall–Kier alpha value is -2.41. The van der Waals surface area contributed by atoms with Crippen molar-refractivity contribution in [3.05, 3.63) is 35.9 Å². The normalized spacial score (nSPS) is 18.5. The number of hydrogen-bond donors (Lipinski definition) is 2. The molecule has 2 N–H and O–H groups in total. The van der Waals surface area contributed by atoms with E-state index >= 15 is 0 Å². The molecule has 1 aromatic rings. The zero-order chi connectivity index (χ0) is 19.5. The Kier molecular flexibility index (Phi) is 8.77. The average Bonchev–Trinajstić information content (AvgIpc) is 2.69. The van der Waals surface area contributed by atoms with Gasteiger partial charge >= 0.3 is 0 Å². The molecular weight excluding hydrogens is 346 g/mol. The second-order valence-corrected chi connectivity index (χ2v) is 6.65. The number of methoxy groups -OCH3 is 1. The van der Waals surface area contributed by atoms with Crippen LogP contribution < -0.4 is 10.6 Å². The minimum absolute atomic E-state index is 0.0623. The first kappa shape index (κ1) is 20.9. The molecule has 27 heavy (non-hydrogen) atoms. The van der Waals surface area contributed by atoms with Gasteiger partial charge in [-0.15, -0.1) is 0 Å². The van der Waals surface area contributed by atoms with Gasteiger partial charge in [0.25, 0.3) is 0 Å². The molecule has 3 amide bonds. The van der Waals surface area contributed by atoms with E-state index < -0.39 is 0 Å². The maximum Gasteiger partial charge on any atom is 0.242 e. The first-order valence-electron chi connectivity index (χ1n) is 9.48. The third kappa shape index (κ3) is 7.02. The van der Waals surface area contributed by atoms with Crippen LogP contribution in [0.25, 0.3) is 0 Å². The molecule has 1 aliphatic heterocycles. The van der Waals surface area contributed by atoms with Crippen molar-refractivity contribution in [3.63, 3.8) is 0 Å². The maximum atomic E-state index is 12.9. The van der Waals surface area contributed by atoms with Crippen molar-refractivity contribution in [1.82, 2.24) is 15.5 Å². The quantitative estimate of drug-likeness (QED) is 0.787. The second-order valence-electron chi connectivity index (χ2n) is 6.65. The lowest BCUT2D eigenvalue weighted by Crippen LogP contribution is -2.44. The van der Waals surface area contributed by atoms with Crippen LogP contribution in [0.15, 0.2) is 30.3 Å². The summed E-state index contributed by atoms with van der Waals surface area (Å²) in [6.07, 6.45) is 3.13. The number of carbonyl (C=O) groups excluding carboxylic acids is 3. The Balaban J connectivity index is 2.13. The van der Waals surface area contributed by atoms with E-state index in [0.29, 0.717) is 19.7 Å². The molecule has 1 unspecified atom stereocenters. The van der Waals surface area contributed by atoms with Gasteiger partial charge in [-0.1, -0.05) is 30.3 Å². The number of rotatable bonds is 6. The van der Waals surface area contributed by atoms with E-state index in [1.54, 1.807) is 4.90 Å². The topological polar surface area (TPSA) is 87.7 Å². The van der Waals surface area contributed by atoms with Gasteiger partial charge in [0.15, 0.2) is 0 Å². The van der Waals surface area contributed by atoms with Gasteiger partial charge in [-0.3, -0.25) is 14.4 Å². The van der Waals surface area contributed by atoms with Crippen molar-refractivity contribution >= 4 is 17.7 Å². The highest BCUT2D eigenvalue weighted by molar-refractivity contribution is 5.85. The zero-order valence-corrected chi connectivity index (χ0v) is 15.9. The van der Waals surface area contributed by atoms with Gasteiger partial charge < -0.3 is 20.3 Å². The van der Waals surface area contributed by atoms with E-state index in [2.05, 4.69) is 10.6 Å². The molecule has 7 heteroatoms. The van der Waals surface area contributed by atoms with Crippen LogP contribution >= 0.6 is 0 Å². The van der Waals surface area contributed by atoms with Crippen LogP contribution in [-0.2, 0) is 19.1 Å². The van der Waals surface area contributed by atoms with E-state index in [-0.39, 0.29) is 43.1 Å². The summed E-state index contributed by atoms with van der Waals surface area (Å²) in [7, 11) is 1.53. The summed E-state index contributed by atoms with van der Waals surface area (Å²) in [5, 5.41) is 5.58. The van der Waals surface area contributed by atoms with E-state index in [9.17, 15) is 14.4 Å². The standard InChI is InChI=1S/C20H29N3O4/c1-27-13-10-18(24)22-15-20(26)23-12-7-3-6-11-21-19(25)14-17(23)16-8-4-2-5-9-16/h2,4-5,8-9,17H,3,6-7,10-15H2,1H3,(H,21,25)(H,22,24). The highest BCUT2D eigenvalue weighted by atomic mass is 16.5. The molecule has 0 spiro atoms. The molecule has 0 aliphatic carbocycles. The molecule has 7 nitrogen and oxygen atoms in total. The molecule has 1 atom stereocenters. The lowest BCUT2D eigenvalue weighted by molar-refractivity contribution is -0.136. The van der Waals surface area contributed by atoms with Crippen LogP contribution in [0.5, 0.6) is 0 Å². The summed E-state index contributed by atoms with van der Waals surface area (Å²) in [5.41, 5.74) is 0.923. The summed E-state index contributed by atoms with van der Waals surface area (Å²) in [5.74, 6) is -0.462. The van der Waals surface area contributed by atoms with Crippen molar-refractivity contribution in [3.8, 4) is 0 Å². The number of benzene rings is 1. The number of ether oxygens (including phenoxy) is 1. The minimum atomic E-state index is -0.340. The predicted molar refractivity (Wildman–Crippen MR) is 102 cm³/mol. The fraction of sp³-hybridized carbons (Fsp3) is 0.550. The Morgan fingerprint density at radius 1 is 1.22 bits per heavy atom. The molecule has 1 aromatic carbocycles. The van der Waals surface area contributed by atoms with Crippen molar-refractivity contribution in [2.24, 2.45) is 0 Å². The van der Waals surface area contributed by atoms with E-state index in [4.69, 9.17) is 4.74 Å². The number of nitrogens with zero attached hydrogens (tertiary/aromatic N) is 1. The Labute approximate surface area is 160 Å². The van der Waals surface area contributed by atoms with Crippen LogP contribution in [0.1, 0.15) is 43.7 Å². The molecular formula is C20H29N3O4. The molecule has 0 aromatic heterocycles. The lowest BCUT2D eigenvalue weighted by Gasteiger charge is -2.33. The van der Waals surface area contributed by atoms with Gasteiger partial charge in [-0.05, 0) is 24.8 Å². The van der Waals surface area contributed by atoms with Crippen molar-refractivity contribution in [1.29, 1.82) is 0 Å². The Morgan fingerprint density at radius 2 is 2.00 bits per heavy atom. The molecule has 1 heterocycles.